The van der Waals surface area contributed by atoms with Gasteiger partial charge in [-0.15, -0.1) is 0 Å². The van der Waals surface area contributed by atoms with Crippen molar-refractivity contribution in [2.45, 2.75) is 103 Å². The number of aliphatic hydroxyl groups excluding tert-OH is 4. The van der Waals surface area contributed by atoms with Crippen molar-refractivity contribution < 1.29 is 76.9 Å². The van der Waals surface area contributed by atoms with Gasteiger partial charge in [0.1, 0.15) is 35.6 Å². The van der Waals surface area contributed by atoms with E-state index in [1.54, 1.807) is 27.7 Å². The number of H-pyrrole nitrogens is 2. The minimum absolute atomic E-state index is 0.0326. The topological polar surface area (TPSA) is 448 Å². The van der Waals surface area contributed by atoms with Crippen LogP contribution < -0.4 is 32.8 Å². The molecule has 0 unspecified atom stereocenters. The smallest absolute Gasteiger partial charge is 0.395 e. The molecular formula is C50H70N12O18P2S2. The quantitative estimate of drug-likeness (QED) is 0.0272. The number of fused-ring (bicyclic) bond motifs is 2. The second-order valence-corrected chi connectivity index (χ2v) is 27.0. The number of hydrogen-bond acceptors (Lipinski definition) is 26. The third-order valence-corrected chi connectivity index (χ3v) is 18.9. The second-order valence-electron chi connectivity index (χ2n) is 21.2. The van der Waals surface area contributed by atoms with Gasteiger partial charge in [-0.05, 0) is 52.7 Å². The molecule has 2 aromatic carbocycles. The molecule has 30 nitrogen and oxygen atoms in total. The fourth-order valence-electron chi connectivity index (χ4n) is 8.26. The van der Waals surface area contributed by atoms with Crippen LogP contribution in [0.2, 0.25) is 0 Å². The number of nitrogens with one attached hydrogen (secondary N) is 4. The van der Waals surface area contributed by atoms with E-state index in [9.17, 15) is 58.9 Å². The molecule has 0 aliphatic carbocycles. The zero-order chi connectivity index (χ0) is 61.4. The van der Waals surface area contributed by atoms with E-state index < -0.39 is 98.7 Å². The molecule has 34 heteroatoms. The Labute approximate surface area is 488 Å². The number of thioether (sulfide) groups is 2. The average Bonchev–Trinajstić information content (AvgIpc) is 4.17. The molecule has 8 rings (SSSR count). The molecule has 10 atom stereocenters. The van der Waals surface area contributed by atoms with E-state index in [1.807, 2.05) is 60.7 Å². The number of nitrogens with two attached hydrogens (primary N) is 2. The number of aromatic amines is 2. The van der Waals surface area contributed by atoms with Crippen LogP contribution in [0.15, 0.2) is 82.9 Å². The first-order chi connectivity index (χ1) is 39.5. The van der Waals surface area contributed by atoms with E-state index in [0.717, 1.165) is 34.7 Å². The van der Waals surface area contributed by atoms with E-state index >= 15 is 0 Å². The summed E-state index contributed by atoms with van der Waals surface area (Å²) in [5.41, 5.74) is 6.07. The third kappa shape index (κ3) is 15.8. The number of benzene rings is 2. The van der Waals surface area contributed by atoms with Crippen molar-refractivity contribution in [3.63, 3.8) is 0 Å². The van der Waals surface area contributed by atoms with E-state index in [-0.39, 0.29) is 95.5 Å². The van der Waals surface area contributed by atoms with Crippen LogP contribution in [-0.4, -0.2) is 167 Å². The fraction of sp³-hybridized carbons (Fsp3) is 0.520. The highest BCUT2D eigenvalue weighted by Crippen LogP contribution is 2.49. The van der Waals surface area contributed by atoms with E-state index in [4.69, 9.17) is 39.0 Å². The number of carbonyl (C=O) groups excluding carboxylic acids is 2. The average molecular weight is 1250 g/mol. The summed E-state index contributed by atoms with van der Waals surface area (Å²) >= 11 is 1.87. The first-order valence-electron chi connectivity index (χ1n) is 26.0. The Bertz CT molecular complexity index is 3220. The Kier molecular flexibility index (Phi) is 21.7. The third-order valence-electron chi connectivity index (χ3n) is 13.4. The molecule has 0 bridgehead atoms. The SMILES string of the molecule is CC(C)(CO)C(=O)SCCO[P@@](=O)(NCc1ccccc1)OC[C@H]1O[C@@H](n2cnc3c(=O)[nH]c(N)nc32)[C@](C)(O)[C@@H]1O.CC(C)(CO)C(=O)SCCO[P@](=O)(NCc1ccccc1)OC[C@H]1O[C@@H](n2cnc3c(=O)[nH]c(N)nc32)[C@](C)(O)[C@@H]1O. The van der Waals surface area contributed by atoms with Crippen molar-refractivity contribution in [1.82, 2.24) is 49.2 Å². The Hall–Kier alpha value is -5.32. The molecule has 0 spiro atoms. The number of rotatable bonds is 26. The Balaban J connectivity index is 0.000000241. The highest BCUT2D eigenvalue weighted by Gasteiger charge is 2.55. The predicted octanol–water partition coefficient (Wildman–Crippen LogP) is 1.84. The van der Waals surface area contributed by atoms with Crippen LogP contribution in [0.3, 0.4) is 0 Å². The maximum Gasteiger partial charge on any atom is 0.405 e. The van der Waals surface area contributed by atoms with Gasteiger partial charge in [0.05, 0.1) is 63.1 Å². The van der Waals surface area contributed by atoms with E-state index in [0.29, 0.717) is 0 Å². The maximum absolute atomic E-state index is 13.7. The monoisotopic (exact) mass is 1250 g/mol. The minimum Gasteiger partial charge on any atom is -0.395 e. The summed E-state index contributed by atoms with van der Waals surface area (Å²) in [7, 11) is -8.07. The number of aromatic nitrogens is 8. The van der Waals surface area contributed by atoms with E-state index in [1.165, 1.54) is 35.6 Å². The van der Waals surface area contributed by atoms with Gasteiger partial charge in [0.25, 0.3) is 11.1 Å². The van der Waals surface area contributed by atoms with Gasteiger partial charge < -0.3 is 51.6 Å². The second kappa shape index (κ2) is 27.6. The van der Waals surface area contributed by atoms with Crippen LogP contribution in [-0.2, 0) is 59.4 Å². The summed E-state index contributed by atoms with van der Waals surface area (Å²) in [6.45, 7) is 7.55. The van der Waals surface area contributed by atoms with Crippen LogP contribution in [0, 0.1) is 10.8 Å². The summed E-state index contributed by atoms with van der Waals surface area (Å²) in [5, 5.41) is 68.0. The minimum atomic E-state index is -4.04. The van der Waals surface area contributed by atoms with Crippen molar-refractivity contribution in [2.75, 3.05) is 62.6 Å². The number of ether oxygens (including phenoxy) is 2. The molecule has 2 fully saturated rings. The molecule has 0 saturated carbocycles. The molecule has 4 aromatic heterocycles. The molecule has 6 heterocycles. The van der Waals surface area contributed by atoms with Crippen molar-refractivity contribution in [3.8, 4) is 0 Å². The van der Waals surface area contributed by atoms with Gasteiger partial charge in [-0.3, -0.25) is 56.4 Å². The molecule has 6 aromatic rings. The molecule has 2 saturated heterocycles. The molecule has 14 N–H and O–H groups in total. The highest BCUT2D eigenvalue weighted by atomic mass is 32.2. The van der Waals surface area contributed by atoms with Crippen LogP contribution >= 0.6 is 39.0 Å². The zero-order valence-corrected chi connectivity index (χ0v) is 50.0. The first kappa shape index (κ1) is 66.2. The van der Waals surface area contributed by atoms with Crippen molar-refractivity contribution in [1.29, 1.82) is 0 Å². The van der Waals surface area contributed by atoms with Gasteiger partial charge in [0, 0.05) is 24.6 Å². The van der Waals surface area contributed by atoms with Crippen molar-refractivity contribution in [2.24, 2.45) is 10.8 Å². The Morgan fingerprint density at radius 1 is 0.667 bits per heavy atom. The normalized spacial score (nSPS) is 24.2. The van der Waals surface area contributed by atoms with Crippen molar-refractivity contribution >= 4 is 83.5 Å². The predicted molar refractivity (Wildman–Crippen MR) is 308 cm³/mol. The summed E-state index contributed by atoms with van der Waals surface area (Å²) in [6.07, 6.45) is -5.45. The fourth-order valence-corrected chi connectivity index (χ4v) is 12.7. The molecule has 0 amide bonds. The Morgan fingerprint density at radius 3 is 1.37 bits per heavy atom. The molecular weight excluding hydrogens is 1180 g/mol. The lowest BCUT2D eigenvalue weighted by Gasteiger charge is -2.27. The molecule has 460 valence electrons. The lowest BCUT2D eigenvalue weighted by Crippen LogP contribution is -2.44. The van der Waals surface area contributed by atoms with Gasteiger partial charge in [0.15, 0.2) is 45.0 Å². The van der Waals surface area contributed by atoms with Gasteiger partial charge >= 0.3 is 15.5 Å². The molecule has 84 heavy (non-hydrogen) atoms. The summed E-state index contributed by atoms with van der Waals surface area (Å²) in [4.78, 5) is 69.8. The number of hydrogen-bond donors (Lipinski definition) is 12. The van der Waals surface area contributed by atoms with Gasteiger partial charge in [0.2, 0.25) is 11.9 Å². The standard InChI is InChI=1S/2C25H35N6O9PS/c2*1-24(2,13-32)22(35)42-10-9-38-41(37,28-11-15-7-5-4-6-8-15)39-12-16-18(33)25(3,36)21(40-16)31-14-27-17-19(31)29-23(26)30-20(17)34/h2*4-8,14,16,18,21,32-33,36H,9-13H2,1-3H3,(H,28,37)(H3,26,29,30,34)/t16-,18-,21-,25-,41+;16-,18-,21-,25-,41-/m11/s1. The lowest BCUT2D eigenvalue weighted by atomic mass is 9.96. The highest BCUT2D eigenvalue weighted by molar-refractivity contribution is 8.14. The number of carbonyl (C=O) groups is 2. The Morgan fingerprint density at radius 2 is 1.02 bits per heavy atom. The summed E-state index contributed by atoms with van der Waals surface area (Å²) in [6, 6.07) is 18.2. The van der Waals surface area contributed by atoms with Gasteiger partial charge in [-0.2, -0.15) is 9.97 Å². The summed E-state index contributed by atoms with van der Waals surface area (Å²) < 4.78 is 64.3. The number of imidazole rings is 2. The maximum atomic E-state index is 13.7. The number of nitrogens with zero attached hydrogens (tertiary/aromatic N) is 6. The largest absolute Gasteiger partial charge is 0.405 e. The van der Waals surface area contributed by atoms with Gasteiger partial charge in [-0.25, -0.2) is 29.3 Å². The lowest BCUT2D eigenvalue weighted by molar-refractivity contribution is -0.120. The zero-order valence-electron chi connectivity index (χ0n) is 46.6. The molecule has 2 aliphatic rings. The first-order valence-corrected chi connectivity index (χ1v) is 31.1. The van der Waals surface area contributed by atoms with Gasteiger partial charge in [-0.1, -0.05) is 84.2 Å². The molecule has 2 aliphatic heterocycles. The number of anilines is 2. The van der Waals surface area contributed by atoms with E-state index in [2.05, 4.69) is 40.1 Å². The van der Waals surface area contributed by atoms with Crippen molar-refractivity contribution in [3.05, 3.63) is 105 Å². The molecule has 0 radical (unpaired) electrons. The van der Waals surface area contributed by atoms with Crippen LogP contribution in [0.4, 0.5) is 11.9 Å². The van der Waals surface area contributed by atoms with Crippen LogP contribution in [0.25, 0.3) is 22.3 Å². The van der Waals surface area contributed by atoms with Crippen LogP contribution in [0.5, 0.6) is 0 Å². The number of aliphatic hydroxyl groups is 6. The van der Waals surface area contributed by atoms with Crippen LogP contribution in [0.1, 0.15) is 65.1 Å². The number of nitrogen functional groups attached to an aromatic ring is 2. The summed E-state index contributed by atoms with van der Waals surface area (Å²) in [5.74, 6) is -0.0556.